The Bertz CT molecular complexity index is 891. The van der Waals surface area contributed by atoms with Gasteiger partial charge in [0.15, 0.2) is 0 Å². The topological polar surface area (TPSA) is 86.7 Å². The van der Waals surface area contributed by atoms with Crippen LogP contribution in [0.2, 0.25) is 0 Å². The van der Waals surface area contributed by atoms with E-state index in [1.54, 1.807) is 17.0 Å². The molecule has 0 aromatic heterocycles. The molecule has 6 heteroatoms. The summed E-state index contributed by atoms with van der Waals surface area (Å²) in [6.45, 7) is 4.21. The van der Waals surface area contributed by atoms with Crippen molar-refractivity contribution in [3.8, 4) is 0 Å². The highest BCUT2D eigenvalue weighted by molar-refractivity contribution is 6.04. The number of carboxylic acid groups (broad SMARTS) is 1. The summed E-state index contributed by atoms with van der Waals surface area (Å²) in [5.41, 5.74) is 3.38. The van der Waals surface area contributed by atoms with Crippen molar-refractivity contribution in [2.75, 3.05) is 16.8 Å². The molecule has 2 amide bonds. The van der Waals surface area contributed by atoms with Crippen LogP contribution in [0.4, 0.5) is 11.4 Å². The van der Waals surface area contributed by atoms with Gasteiger partial charge in [0, 0.05) is 24.3 Å². The van der Waals surface area contributed by atoms with Gasteiger partial charge in [0.1, 0.15) is 0 Å². The minimum Gasteiger partial charge on any atom is -0.478 e. The molecule has 2 aromatic carbocycles. The molecule has 6 nitrogen and oxygen atoms in total. The van der Waals surface area contributed by atoms with Gasteiger partial charge in [-0.25, -0.2) is 4.79 Å². The summed E-state index contributed by atoms with van der Waals surface area (Å²) in [5.74, 6) is -1.90. The van der Waals surface area contributed by atoms with E-state index >= 15 is 0 Å². The van der Waals surface area contributed by atoms with Crippen molar-refractivity contribution in [1.82, 2.24) is 0 Å². The van der Waals surface area contributed by atoms with Crippen molar-refractivity contribution in [3.63, 3.8) is 0 Å². The van der Waals surface area contributed by atoms with Crippen LogP contribution < -0.4 is 10.2 Å². The summed E-state index contributed by atoms with van der Waals surface area (Å²) in [7, 11) is 0. The first kappa shape index (κ1) is 17.7. The number of benzene rings is 2. The lowest BCUT2D eigenvalue weighted by molar-refractivity contribution is -0.122. The second-order valence-electron chi connectivity index (χ2n) is 6.57. The van der Waals surface area contributed by atoms with E-state index in [0.717, 1.165) is 16.8 Å². The van der Waals surface area contributed by atoms with Crippen LogP contribution in [0.15, 0.2) is 42.5 Å². The normalized spacial score (nSPS) is 16.6. The first-order valence-corrected chi connectivity index (χ1v) is 8.37. The second kappa shape index (κ2) is 7.00. The van der Waals surface area contributed by atoms with Gasteiger partial charge >= 0.3 is 5.97 Å². The Labute approximate surface area is 151 Å². The Morgan fingerprint density at radius 3 is 2.65 bits per heavy atom. The zero-order valence-electron chi connectivity index (χ0n) is 14.7. The van der Waals surface area contributed by atoms with Crippen LogP contribution in [-0.4, -0.2) is 29.4 Å². The highest BCUT2D eigenvalue weighted by Gasteiger charge is 2.35. The smallest absolute Gasteiger partial charge is 0.335 e. The Kier molecular flexibility index (Phi) is 4.75. The van der Waals surface area contributed by atoms with E-state index in [1.807, 2.05) is 32.0 Å². The minimum atomic E-state index is -1.06. The summed E-state index contributed by atoms with van der Waals surface area (Å²) < 4.78 is 0. The van der Waals surface area contributed by atoms with E-state index in [0.29, 0.717) is 12.2 Å². The predicted molar refractivity (Wildman–Crippen MR) is 98.4 cm³/mol. The van der Waals surface area contributed by atoms with Crippen LogP contribution in [0.1, 0.15) is 27.9 Å². The molecule has 0 bridgehead atoms. The predicted octanol–water partition coefficient (Wildman–Crippen LogP) is 2.99. The molecule has 2 N–H and O–H groups in total. The van der Waals surface area contributed by atoms with Gasteiger partial charge in [-0.3, -0.25) is 9.59 Å². The van der Waals surface area contributed by atoms with Crippen LogP contribution in [-0.2, 0) is 9.59 Å². The van der Waals surface area contributed by atoms with E-state index in [4.69, 9.17) is 5.11 Å². The van der Waals surface area contributed by atoms with Gasteiger partial charge in [-0.15, -0.1) is 0 Å². The third-order valence-electron chi connectivity index (χ3n) is 4.53. The van der Waals surface area contributed by atoms with Gasteiger partial charge in [-0.2, -0.15) is 0 Å². The van der Waals surface area contributed by atoms with E-state index in [9.17, 15) is 14.4 Å². The molecule has 1 atom stereocenters. The number of nitrogens with zero attached hydrogens (tertiary/aromatic N) is 1. The summed E-state index contributed by atoms with van der Waals surface area (Å²) in [4.78, 5) is 37.6. The summed E-state index contributed by atoms with van der Waals surface area (Å²) in [6, 6.07) is 12.0. The first-order valence-electron chi connectivity index (χ1n) is 8.37. The number of rotatable bonds is 4. The maximum absolute atomic E-state index is 12.5. The maximum Gasteiger partial charge on any atom is 0.335 e. The molecule has 26 heavy (non-hydrogen) atoms. The Balaban J connectivity index is 1.74. The van der Waals surface area contributed by atoms with Crippen molar-refractivity contribution in [1.29, 1.82) is 0 Å². The number of hydrogen-bond donors (Lipinski definition) is 2. The van der Waals surface area contributed by atoms with Gasteiger partial charge in [0.05, 0.1) is 11.5 Å². The summed E-state index contributed by atoms with van der Waals surface area (Å²) >= 11 is 0. The number of hydrogen-bond acceptors (Lipinski definition) is 3. The van der Waals surface area contributed by atoms with Gasteiger partial charge in [0.2, 0.25) is 11.8 Å². The Morgan fingerprint density at radius 2 is 1.92 bits per heavy atom. The largest absolute Gasteiger partial charge is 0.478 e. The van der Waals surface area contributed by atoms with E-state index < -0.39 is 11.9 Å². The third-order valence-corrected chi connectivity index (χ3v) is 4.53. The second-order valence-corrected chi connectivity index (χ2v) is 6.57. The van der Waals surface area contributed by atoms with Gasteiger partial charge in [-0.1, -0.05) is 18.2 Å². The molecule has 1 aliphatic rings. The summed E-state index contributed by atoms with van der Waals surface area (Å²) in [5, 5.41) is 11.8. The lowest BCUT2D eigenvalue weighted by atomic mass is 10.1. The third kappa shape index (κ3) is 3.59. The van der Waals surface area contributed by atoms with Crippen LogP contribution >= 0.6 is 0 Å². The van der Waals surface area contributed by atoms with Crippen molar-refractivity contribution >= 4 is 29.2 Å². The number of carboxylic acids is 1. The van der Waals surface area contributed by atoms with E-state index in [1.165, 1.54) is 12.1 Å². The fourth-order valence-electron chi connectivity index (χ4n) is 3.10. The SMILES string of the molecule is Cc1ccc(C)c(N2C[C@@H](C(=O)Nc3cccc(C(=O)O)c3)CC2=O)c1. The Hall–Kier alpha value is -3.15. The fourth-order valence-corrected chi connectivity index (χ4v) is 3.10. The zero-order chi connectivity index (χ0) is 18.8. The lowest BCUT2D eigenvalue weighted by Gasteiger charge is -2.19. The Morgan fingerprint density at radius 1 is 1.15 bits per heavy atom. The molecule has 1 aliphatic heterocycles. The standard InChI is InChI=1S/C20H20N2O4/c1-12-6-7-13(2)17(8-12)22-11-15(10-18(22)23)19(24)21-16-5-3-4-14(9-16)20(25)26/h3-9,15H,10-11H2,1-2H3,(H,21,24)(H,25,26)/t15-/m0/s1. The lowest BCUT2D eigenvalue weighted by Crippen LogP contribution is -2.28. The molecular weight excluding hydrogens is 332 g/mol. The molecule has 0 aliphatic carbocycles. The number of carbonyl (C=O) groups is 3. The molecule has 134 valence electrons. The molecule has 0 unspecified atom stereocenters. The number of amides is 2. The van der Waals surface area contributed by atoms with Gasteiger partial charge in [-0.05, 0) is 49.2 Å². The molecule has 0 radical (unpaired) electrons. The maximum atomic E-state index is 12.5. The molecule has 1 fully saturated rings. The molecule has 1 saturated heterocycles. The minimum absolute atomic E-state index is 0.0851. The molecule has 1 heterocycles. The van der Waals surface area contributed by atoms with Gasteiger partial charge < -0.3 is 15.3 Å². The number of aryl methyl sites for hydroxylation is 2. The van der Waals surface area contributed by atoms with Crippen LogP contribution in [0.5, 0.6) is 0 Å². The number of anilines is 2. The quantitative estimate of drug-likeness (QED) is 0.886. The number of carbonyl (C=O) groups excluding carboxylic acids is 2. The highest BCUT2D eigenvalue weighted by Crippen LogP contribution is 2.29. The number of aromatic carboxylic acids is 1. The van der Waals surface area contributed by atoms with Crippen molar-refractivity contribution in [2.24, 2.45) is 5.92 Å². The first-order chi connectivity index (χ1) is 12.3. The monoisotopic (exact) mass is 352 g/mol. The molecule has 2 aromatic rings. The van der Waals surface area contributed by atoms with Gasteiger partial charge in [0.25, 0.3) is 0 Å². The highest BCUT2D eigenvalue weighted by atomic mass is 16.4. The molecule has 3 rings (SSSR count). The molecular formula is C20H20N2O4. The van der Waals surface area contributed by atoms with Crippen LogP contribution in [0, 0.1) is 19.8 Å². The average Bonchev–Trinajstić information content (AvgIpc) is 2.99. The van der Waals surface area contributed by atoms with Crippen LogP contribution in [0.25, 0.3) is 0 Å². The molecule has 0 saturated carbocycles. The molecule has 0 spiro atoms. The van der Waals surface area contributed by atoms with Crippen molar-refractivity contribution < 1.29 is 19.5 Å². The summed E-state index contributed by atoms with van der Waals surface area (Å²) in [6.07, 6.45) is 0.137. The number of nitrogens with one attached hydrogen (secondary N) is 1. The van der Waals surface area contributed by atoms with Crippen molar-refractivity contribution in [3.05, 3.63) is 59.2 Å². The van der Waals surface area contributed by atoms with Crippen molar-refractivity contribution in [2.45, 2.75) is 20.3 Å². The van der Waals surface area contributed by atoms with E-state index in [2.05, 4.69) is 5.32 Å². The van der Waals surface area contributed by atoms with Crippen LogP contribution in [0.3, 0.4) is 0 Å². The fraction of sp³-hybridized carbons (Fsp3) is 0.250. The zero-order valence-corrected chi connectivity index (χ0v) is 14.7. The average molecular weight is 352 g/mol. The van der Waals surface area contributed by atoms with E-state index in [-0.39, 0.29) is 23.8 Å².